The van der Waals surface area contributed by atoms with Gasteiger partial charge in [0.15, 0.2) is 0 Å². The van der Waals surface area contributed by atoms with Gasteiger partial charge in [-0.25, -0.2) is 0 Å². The van der Waals surface area contributed by atoms with Crippen LogP contribution < -0.4 is 11.1 Å². The smallest absolute Gasteiger partial charge is 0.237 e. The molecule has 20 heavy (non-hydrogen) atoms. The summed E-state index contributed by atoms with van der Waals surface area (Å²) in [5.41, 5.74) is 5.03. The summed E-state index contributed by atoms with van der Waals surface area (Å²) in [6, 6.07) is 0. The second-order valence-corrected chi connectivity index (χ2v) is 6.02. The summed E-state index contributed by atoms with van der Waals surface area (Å²) in [6.45, 7) is 4.25. The van der Waals surface area contributed by atoms with Crippen molar-refractivity contribution in [3.8, 4) is 0 Å². The van der Waals surface area contributed by atoms with Gasteiger partial charge in [-0.1, -0.05) is 6.92 Å². The number of nitrogens with two attached hydrogens (primary N) is 1. The molecule has 1 saturated heterocycles. The van der Waals surface area contributed by atoms with Crippen LogP contribution in [0.4, 0.5) is 0 Å². The highest BCUT2D eigenvalue weighted by Crippen LogP contribution is 2.30. The van der Waals surface area contributed by atoms with Crippen molar-refractivity contribution in [1.29, 1.82) is 0 Å². The average Bonchev–Trinajstić information content (AvgIpc) is 2.47. The number of hydrogen-bond donors (Lipinski definition) is 2. The van der Waals surface area contributed by atoms with Crippen LogP contribution in [0.2, 0.25) is 0 Å². The third-order valence-electron chi connectivity index (χ3n) is 4.48. The van der Waals surface area contributed by atoms with Gasteiger partial charge in [0.1, 0.15) is 5.54 Å². The van der Waals surface area contributed by atoms with Crippen LogP contribution in [-0.4, -0.2) is 43.4 Å². The maximum atomic E-state index is 11.8. The molecule has 0 aromatic carbocycles. The van der Waals surface area contributed by atoms with E-state index in [1.54, 1.807) is 0 Å². The number of amides is 1. The monoisotopic (exact) mass is 284 g/mol. The van der Waals surface area contributed by atoms with Crippen molar-refractivity contribution in [2.75, 3.05) is 19.8 Å². The standard InChI is InChI=1S/C15H28N2O3/c1-2-17-15(14(16)18)8-5-7-12(10-15)20-11-13-6-3-4-9-19-13/h12-13,17H,2-11H2,1H3,(H2,16,18). The van der Waals surface area contributed by atoms with Crippen LogP contribution in [-0.2, 0) is 14.3 Å². The van der Waals surface area contributed by atoms with Crippen LogP contribution in [0.3, 0.4) is 0 Å². The molecule has 5 nitrogen and oxygen atoms in total. The predicted octanol–water partition coefficient (Wildman–Crippen LogP) is 1.35. The minimum atomic E-state index is -0.578. The van der Waals surface area contributed by atoms with E-state index in [4.69, 9.17) is 15.2 Å². The van der Waals surface area contributed by atoms with Crippen molar-refractivity contribution in [2.24, 2.45) is 5.73 Å². The lowest BCUT2D eigenvalue weighted by molar-refractivity contribution is -0.130. The topological polar surface area (TPSA) is 73.6 Å². The number of primary amides is 1. The molecule has 2 aliphatic rings. The summed E-state index contributed by atoms with van der Waals surface area (Å²) in [6.07, 6.45) is 7.29. The van der Waals surface area contributed by atoms with Crippen molar-refractivity contribution in [3.05, 3.63) is 0 Å². The summed E-state index contributed by atoms with van der Waals surface area (Å²) < 4.78 is 11.7. The highest BCUT2D eigenvalue weighted by molar-refractivity contribution is 5.84. The molecule has 2 fully saturated rings. The molecule has 3 atom stereocenters. The van der Waals surface area contributed by atoms with Crippen LogP contribution in [0, 0.1) is 0 Å². The zero-order valence-electron chi connectivity index (χ0n) is 12.5. The Kier molecular flexibility index (Phi) is 5.81. The molecular formula is C15H28N2O3. The molecule has 1 heterocycles. The molecule has 1 saturated carbocycles. The first-order valence-electron chi connectivity index (χ1n) is 7.94. The average molecular weight is 284 g/mol. The maximum absolute atomic E-state index is 11.8. The minimum Gasteiger partial charge on any atom is -0.376 e. The lowest BCUT2D eigenvalue weighted by Crippen LogP contribution is -2.59. The third-order valence-corrected chi connectivity index (χ3v) is 4.48. The molecule has 3 N–H and O–H groups in total. The quantitative estimate of drug-likeness (QED) is 0.772. The first-order chi connectivity index (χ1) is 9.66. The van der Waals surface area contributed by atoms with Crippen LogP contribution in [0.5, 0.6) is 0 Å². The van der Waals surface area contributed by atoms with Gasteiger partial charge in [-0.2, -0.15) is 0 Å². The number of rotatable bonds is 6. The van der Waals surface area contributed by atoms with E-state index >= 15 is 0 Å². The highest BCUT2D eigenvalue weighted by atomic mass is 16.5. The number of likely N-dealkylation sites (N-methyl/N-ethyl adjacent to an activating group) is 1. The van der Waals surface area contributed by atoms with Crippen molar-refractivity contribution >= 4 is 5.91 Å². The molecule has 1 aliphatic carbocycles. The molecule has 116 valence electrons. The maximum Gasteiger partial charge on any atom is 0.237 e. The fraction of sp³-hybridized carbons (Fsp3) is 0.933. The summed E-state index contributed by atoms with van der Waals surface area (Å²) in [4.78, 5) is 11.8. The number of carbonyl (C=O) groups is 1. The van der Waals surface area contributed by atoms with E-state index in [1.165, 1.54) is 6.42 Å². The zero-order chi connectivity index (χ0) is 14.4. The Morgan fingerprint density at radius 3 is 2.90 bits per heavy atom. The lowest BCUT2D eigenvalue weighted by Gasteiger charge is -2.39. The SMILES string of the molecule is CCNC1(C(N)=O)CCCC(OCC2CCCCO2)C1. The van der Waals surface area contributed by atoms with Crippen LogP contribution in [0.15, 0.2) is 0 Å². The third kappa shape index (κ3) is 3.93. The van der Waals surface area contributed by atoms with E-state index < -0.39 is 5.54 Å². The molecule has 1 amide bonds. The second kappa shape index (κ2) is 7.38. The van der Waals surface area contributed by atoms with Gasteiger partial charge in [0, 0.05) is 13.0 Å². The minimum absolute atomic E-state index is 0.112. The Morgan fingerprint density at radius 2 is 2.25 bits per heavy atom. The molecule has 0 radical (unpaired) electrons. The molecule has 5 heteroatoms. The van der Waals surface area contributed by atoms with E-state index in [-0.39, 0.29) is 18.1 Å². The van der Waals surface area contributed by atoms with Gasteiger partial charge in [0.2, 0.25) is 5.91 Å². The summed E-state index contributed by atoms with van der Waals surface area (Å²) in [7, 11) is 0. The first-order valence-corrected chi connectivity index (χ1v) is 7.94. The Hall–Kier alpha value is -0.650. The van der Waals surface area contributed by atoms with Gasteiger partial charge < -0.3 is 20.5 Å². The molecular weight excluding hydrogens is 256 g/mol. The molecule has 0 aromatic rings. The largest absolute Gasteiger partial charge is 0.376 e. The van der Waals surface area contributed by atoms with Crippen molar-refractivity contribution in [3.63, 3.8) is 0 Å². The number of ether oxygens (including phenoxy) is 2. The number of carbonyl (C=O) groups excluding carboxylic acids is 1. The Bertz CT molecular complexity index is 314. The van der Waals surface area contributed by atoms with E-state index in [9.17, 15) is 4.79 Å². The summed E-state index contributed by atoms with van der Waals surface area (Å²) >= 11 is 0. The van der Waals surface area contributed by atoms with Crippen molar-refractivity contribution in [2.45, 2.75) is 69.6 Å². The Balaban J connectivity index is 1.84. The Morgan fingerprint density at radius 1 is 1.40 bits per heavy atom. The van der Waals surface area contributed by atoms with Gasteiger partial charge >= 0.3 is 0 Å². The van der Waals surface area contributed by atoms with Gasteiger partial charge in [-0.05, 0) is 45.1 Å². The van der Waals surface area contributed by atoms with Gasteiger partial charge in [0.25, 0.3) is 0 Å². The highest BCUT2D eigenvalue weighted by Gasteiger charge is 2.41. The molecule has 2 rings (SSSR count). The van der Waals surface area contributed by atoms with Crippen molar-refractivity contribution in [1.82, 2.24) is 5.32 Å². The Labute approximate surface area is 121 Å². The van der Waals surface area contributed by atoms with E-state index in [2.05, 4.69) is 5.32 Å². The predicted molar refractivity (Wildman–Crippen MR) is 77.4 cm³/mol. The fourth-order valence-electron chi connectivity index (χ4n) is 3.36. The number of nitrogens with one attached hydrogen (secondary N) is 1. The molecule has 1 aliphatic heterocycles. The van der Waals surface area contributed by atoms with Crippen LogP contribution in [0.25, 0.3) is 0 Å². The number of hydrogen-bond acceptors (Lipinski definition) is 4. The first kappa shape index (κ1) is 15.7. The second-order valence-electron chi connectivity index (χ2n) is 6.02. The zero-order valence-corrected chi connectivity index (χ0v) is 12.5. The van der Waals surface area contributed by atoms with Gasteiger partial charge in [-0.3, -0.25) is 4.79 Å². The normalized spacial score (nSPS) is 34.9. The van der Waals surface area contributed by atoms with E-state index in [0.717, 1.165) is 45.3 Å². The van der Waals surface area contributed by atoms with E-state index in [0.29, 0.717) is 13.0 Å². The van der Waals surface area contributed by atoms with Crippen LogP contribution >= 0.6 is 0 Å². The molecule has 0 bridgehead atoms. The van der Waals surface area contributed by atoms with Crippen LogP contribution in [0.1, 0.15) is 51.9 Å². The van der Waals surface area contributed by atoms with E-state index in [1.807, 2.05) is 6.92 Å². The van der Waals surface area contributed by atoms with Gasteiger partial charge in [0.05, 0.1) is 18.8 Å². The summed E-state index contributed by atoms with van der Waals surface area (Å²) in [5.74, 6) is -0.249. The van der Waals surface area contributed by atoms with Crippen molar-refractivity contribution < 1.29 is 14.3 Å². The van der Waals surface area contributed by atoms with Gasteiger partial charge in [-0.15, -0.1) is 0 Å². The molecule has 0 aromatic heterocycles. The molecule has 0 spiro atoms. The summed E-state index contributed by atoms with van der Waals surface area (Å²) in [5, 5.41) is 3.28. The fourth-order valence-corrected chi connectivity index (χ4v) is 3.36. The lowest BCUT2D eigenvalue weighted by atomic mass is 9.79. The molecule has 3 unspecified atom stereocenters.